The third-order valence-electron chi connectivity index (χ3n) is 2.69. The van der Waals surface area contributed by atoms with Crippen LogP contribution >= 0.6 is 15.9 Å². The molecule has 1 amide bonds. The quantitative estimate of drug-likeness (QED) is 0.884. The van der Waals surface area contributed by atoms with Crippen LogP contribution in [0.5, 0.6) is 5.88 Å². The van der Waals surface area contributed by atoms with Gasteiger partial charge in [-0.2, -0.15) is 0 Å². The van der Waals surface area contributed by atoms with Gasteiger partial charge in [-0.1, -0.05) is 6.07 Å². The lowest BCUT2D eigenvalue weighted by molar-refractivity contribution is 0.0698. The maximum Gasteiger partial charge on any atom is 0.337 e. The maximum atomic E-state index is 12.3. The van der Waals surface area contributed by atoms with E-state index in [1.807, 2.05) is 0 Å². The predicted octanol–water partition coefficient (Wildman–Crippen LogP) is 2.80. The number of methoxy groups -OCH3 is 1. The van der Waals surface area contributed by atoms with Crippen molar-refractivity contribution in [1.29, 1.82) is 0 Å². The van der Waals surface area contributed by atoms with E-state index in [0.717, 1.165) is 0 Å². The first-order valence-corrected chi connectivity index (χ1v) is 6.66. The molecular weight excluding hydrogens is 340 g/mol. The summed E-state index contributed by atoms with van der Waals surface area (Å²) in [7, 11) is 1.40. The van der Waals surface area contributed by atoms with Crippen molar-refractivity contribution in [3.8, 4) is 5.88 Å². The van der Waals surface area contributed by atoms with E-state index in [4.69, 9.17) is 9.84 Å². The van der Waals surface area contributed by atoms with Gasteiger partial charge in [-0.05, 0) is 40.2 Å². The van der Waals surface area contributed by atoms with Crippen LogP contribution in [-0.2, 0) is 0 Å². The van der Waals surface area contributed by atoms with Gasteiger partial charge in [-0.25, -0.2) is 9.78 Å². The zero-order chi connectivity index (χ0) is 15.4. The van der Waals surface area contributed by atoms with Gasteiger partial charge in [0.2, 0.25) is 5.88 Å². The Hall–Kier alpha value is -2.41. The summed E-state index contributed by atoms with van der Waals surface area (Å²) in [5.41, 5.74) is 0.383. The molecule has 0 saturated carbocycles. The fraction of sp³-hybridized carbons (Fsp3) is 0.0714. The first-order chi connectivity index (χ1) is 10.0. The number of carbonyl (C=O) groups excluding carboxylic acids is 1. The molecule has 108 valence electrons. The first-order valence-electron chi connectivity index (χ1n) is 5.86. The molecule has 0 aliphatic carbocycles. The van der Waals surface area contributed by atoms with E-state index in [1.54, 1.807) is 24.3 Å². The number of para-hydroxylation sites is 1. The number of rotatable bonds is 4. The van der Waals surface area contributed by atoms with Crippen molar-refractivity contribution in [3.63, 3.8) is 0 Å². The fourth-order valence-electron chi connectivity index (χ4n) is 1.74. The molecule has 21 heavy (non-hydrogen) atoms. The molecule has 1 aromatic carbocycles. The Bertz CT molecular complexity index is 703. The highest BCUT2D eigenvalue weighted by atomic mass is 79.9. The molecule has 0 fully saturated rings. The summed E-state index contributed by atoms with van der Waals surface area (Å²) < 4.78 is 5.48. The molecule has 0 saturated heterocycles. The van der Waals surface area contributed by atoms with E-state index >= 15 is 0 Å². The number of nitrogens with one attached hydrogen (secondary N) is 1. The highest BCUT2D eigenvalue weighted by molar-refractivity contribution is 9.10. The number of carboxylic acids is 1. The SMILES string of the molecule is COc1ncccc1C(=O)Nc1c(Br)cccc1C(=O)O. The lowest BCUT2D eigenvalue weighted by Gasteiger charge is -2.11. The number of halogens is 1. The first kappa shape index (κ1) is 15.0. The number of aromatic nitrogens is 1. The summed E-state index contributed by atoms with van der Waals surface area (Å²) in [5.74, 6) is -1.47. The predicted molar refractivity (Wildman–Crippen MR) is 79.8 cm³/mol. The highest BCUT2D eigenvalue weighted by Gasteiger charge is 2.18. The van der Waals surface area contributed by atoms with Crippen LogP contribution in [-0.4, -0.2) is 29.1 Å². The van der Waals surface area contributed by atoms with Crippen LogP contribution < -0.4 is 10.1 Å². The van der Waals surface area contributed by atoms with Crippen LogP contribution in [0.4, 0.5) is 5.69 Å². The lowest BCUT2D eigenvalue weighted by atomic mass is 10.1. The minimum atomic E-state index is -1.13. The van der Waals surface area contributed by atoms with Gasteiger partial charge in [0, 0.05) is 10.7 Å². The molecule has 6 nitrogen and oxygen atoms in total. The average molecular weight is 351 g/mol. The Kier molecular flexibility index (Phi) is 4.54. The van der Waals surface area contributed by atoms with Crippen molar-refractivity contribution < 1.29 is 19.4 Å². The minimum Gasteiger partial charge on any atom is -0.480 e. The molecule has 0 spiro atoms. The van der Waals surface area contributed by atoms with Gasteiger partial charge < -0.3 is 15.2 Å². The molecule has 7 heteroatoms. The smallest absolute Gasteiger partial charge is 0.337 e. The molecule has 0 bridgehead atoms. The summed E-state index contributed by atoms with van der Waals surface area (Å²) in [6, 6.07) is 7.76. The van der Waals surface area contributed by atoms with E-state index in [2.05, 4.69) is 26.2 Å². The number of amides is 1. The van der Waals surface area contributed by atoms with Crippen molar-refractivity contribution in [1.82, 2.24) is 4.98 Å². The van der Waals surface area contributed by atoms with Crippen molar-refractivity contribution in [3.05, 3.63) is 52.1 Å². The number of nitrogens with zero attached hydrogens (tertiary/aromatic N) is 1. The molecule has 0 unspecified atom stereocenters. The molecular formula is C14H11BrN2O4. The Morgan fingerprint density at radius 3 is 2.62 bits per heavy atom. The molecule has 0 atom stereocenters. The second-order valence-corrected chi connectivity index (χ2v) is 4.84. The Labute approximate surface area is 128 Å². The molecule has 1 heterocycles. The number of anilines is 1. The second-order valence-electron chi connectivity index (χ2n) is 3.98. The molecule has 0 radical (unpaired) electrons. The third-order valence-corrected chi connectivity index (χ3v) is 3.35. The van der Waals surface area contributed by atoms with Gasteiger partial charge in [0.1, 0.15) is 5.56 Å². The van der Waals surface area contributed by atoms with E-state index in [1.165, 1.54) is 19.4 Å². The molecule has 0 aliphatic rings. The number of pyridine rings is 1. The Morgan fingerprint density at radius 2 is 1.95 bits per heavy atom. The second kappa shape index (κ2) is 6.36. The van der Waals surface area contributed by atoms with Crippen molar-refractivity contribution in [2.75, 3.05) is 12.4 Å². The van der Waals surface area contributed by atoms with Crippen LogP contribution in [0.3, 0.4) is 0 Å². The van der Waals surface area contributed by atoms with Crippen LogP contribution in [0.2, 0.25) is 0 Å². The van der Waals surface area contributed by atoms with Crippen molar-refractivity contribution in [2.24, 2.45) is 0 Å². The van der Waals surface area contributed by atoms with Gasteiger partial charge in [-0.15, -0.1) is 0 Å². The Morgan fingerprint density at radius 1 is 1.24 bits per heavy atom. The Balaban J connectivity index is 2.38. The summed E-state index contributed by atoms with van der Waals surface area (Å²) >= 11 is 3.23. The number of benzene rings is 1. The summed E-state index contributed by atoms with van der Waals surface area (Å²) in [5, 5.41) is 11.7. The van der Waals surface area contributed by atoms with Crippen molar-refractivity contribution >= 4 is 33.5 Å². The number of ether oxygens (including phenoxy) is 1. The van der Waals surface area contributed by atoms with Gasteiger partial charge in [0.15, 0.2) is 0 Å². The highest BCUT2D eigenvalue weighted by Crippen LogP contribution is 2.27. The van der Waals surface area contributed by atoms with Crippen LogP contribution in [0.25, 0.3) is 0 Å². The van der Waals surface area contributed by atoms with Crippen molar-refractivity contribution in [2.45, 2.75) is 0 Å². The zero-order valence-electron chi connectivity index (χ0n) is 11.0. The normalized spacial score (nSPS) is 10.0. The topological polar surface area (TPSA) is 88.5 Å². The molecule has 1 aromatic heterocycles. The molecule has 2 aromatic rings. The largest absolute Gasteiger partial charge is 0.480 e. The van der Waals surface area contributed by atoms with E-state index in [9.17, 15) is 9.59 Å². The van der Waals surface area contributed by atoms with E-state index < -0.39 is 11.9 Å². The van der Waals surface area contributed by atoms with Crippen LogP contribution in [0, 0.1) is 0 Å². The maximum absolute atomic E-state index is 12.3. The zero-order valence-corrected chi connectivity index (χ0v) is 12.5. The van der Waals surface area contributed by atoms with Gasteiger partial charge >= 0.3 is 5.97 Å². The number of hydrogen-bond acceptors (Lipinski definition) is 4. The third kappa shape index (κ3) is 3.19. The van der Waals surface area contributed by atoms with Crippen LogP contribution in [0.1, 0.15) is 20.7 Å². The monoisotopic (exact) mass is 350 g/mol. The lowest BCUT2D eigenvalue weighted by Crippen LogP contribution is -2.16. The standard InChI is InChI=1S/C14H11BrN2O4/c1-21-13-9(5-3-7-16-13)12(18)17-11-8(14(19)20)4-2-6-10(11)15/h2-7H,1H3,(H,17,18)(H,19,20). The van der Waals surface area contributed by atoms with Gasteiger partial charge in [0.05, 0.1) is 18.4 Å². The molecule has 2 N–H and O–H groups in total. The minimum absolute atomic E-state index is 0.0133. The van der Waals surface area contributed by atoms with E-state index in [-0.39, 0.29) is 22.7 Å². The van der Waals surface area contributed by atoms with Crippen LogP contribution in [0.15, 0.2) is 41.0 Å². The summed E-state index contributed by atoms with van der Waals surface area (Å²) in [6.07, 6.45) is 1.50. The number of carbonyl (C=O) groups is 2. The number of carboxylic acid groups (broad SMARTS) is 1. The molecule has 0 aliphatic heterocycles. The number of hydrogen-bond donors (Lipinski definition) is 2. The average Bonchev–Trinajstić information content (AvgIpc) is 2.48. The number of aromatic carboxylic acids is 1. The molecule has 2 rings (SSSR count). The fourth-order valence-corrected chi connectivity index (χ4v) is 2.20. The summed E-state index contributed by atoms with van der Waals surface area (Å²) in [4.78, 5) is 27.4. The van der Waals surface area contributed by atoms with Gasteiger partial charge in [-0.3, -0.25) is 4.79 Å². The van der Waals surface area contributed by atoms with E-state index in [0.29, 0.717) is 4.47 Å². The summed E-state index contributed by atoms with van der Waals surface area (Å²) in [6.45, 7) is 0. The van der Waals surface area contributed by atoms with Gasteiger partial charge in [0.25, 0.3) is 5.91 Å².